The van der Waals surface area contributed by atoms with Gasteiger partial charge in [0.15, 0.2) is 0 Å². The molecule has 0 bridgehead atoms. The van der Waals surface area contributed by atoms with Crippen LogP contribution < -0.4 is 0 Å². The molecule has 0 aromatic carbocycles. The molecule has 1 heterocycles. The first-order valence-corrected chi connectivity index (χ1v) is 5.87. The van der Waals surface area contributed by atoms with Gasteiger partial charge in [-0.2, -0.15) is 5.10 Å². The van der Waals surface area contributed by atoms with E-state index < -0.39 is 0 Å². The number of nitrogens with zero attached hydrogens (tertiary/aromatic N) is 2. The van der Waals surface area contributed by atoms with Gasteiger partial charge in [-0.15, -0.1) is 0 Å². The molecule has 3 nitrogen and oxygen atoms in total. The van der Waals surface area contributed by atoms with Crippen LogP contribution in [0.5, 0.6) is 0 Å². The zero-order chi connectivity index (χ0) is 10.8. The molecule has 0 aliphatic heterocycles. The van der Waals surface area contributed by atoms with Crippen LogP contribution in [0.15, 0.2) is 6.20 Å². The fourth-order valence-corrected chi connectivity index (χ4v) is 1.94. The molecule has 0 unspecified atom stereocenters. The fraction of sp³-hybridized carbons (Fsp3) is 0.750. The number of rotatable bonds is 5. The lowest BCUT2D eigenvalue weighted by Gasteiger charge is -2.09. The first-order chi connectivity index (χ1) is 7.22. The Balaban J connectivity index is 2.11. The third-order valence-corrected chi connectivity index (χ3v) is 3.01. The maximum Gasteiger partial charge on any atom is 0.0715 e. The average Bonchev–Trinajstić information content (AvgIpc) is 2.96. The van der Waals surface area contributed by atoms with Crippen LogP contribution in [0.4, 0.5) is 0 Å². The van der Waals surface area contributed by atoms with Crippen molar-refractivity contribution in [3.63, 3.8) is 0 Å². The lowest BCUT2D eigenvalue weighted by molar-refractivity contribution is 0.280. The van der Waals surface area contributed by atoms with Crippen LogP contribution in [-0.4, -0.2) is 14.9 Å². The maximum absolute atomic E-state index is 9.23. The molecule has 1 fully saturated rings. The molecule has 0 amide bonds. The SMILES string of the molecule is CC(C)CCn1ncc(CO)c1C1CC1. The molecule has 1 aromatic heterocycles. The van der Waals surface area contributed by atoms with Gasteiger partial charge in [0.05, 0.1) is 12.8 Å². The highest BCUT2D eigenvalue weighted by atomic mass is 16.3. The molecule has 1 aliphatic carbocycles. The predicted molar refractivity (Wildman–Crippen MR) is 59.6 cm³/mol. The largest absolute Gasteiger partial charge is 0.392 e. The summed E-state index contributed by atoms with van der Waals surface area (Å²) in [6.45, 7) is 5.58. The molecular weight excluding hydrogens is 188 g/mol. The average molecular weight is 208 g/mol. The van der Waals surface area contributed by atoms with Gasteiger partial charge in [-0.05, 0) is 25.2 Å². The summed E-state index contributed by atoms with van der Waals surface area (Å²) in [6.07, 6.45) is 5.51. The van der Waals surface area contributed by atoms with E-state index in [2.05, 4.69) is 23.6 Å². The third-order valence-electron chi connectivity index (χ3n) is 3.01. The highest BCUT2D eigenvalue weighted by molar-refractivity contribution is 5.24. The van der Waals surface area contributed by atoms with Crippen molar-refractivity contribution in [3.8, 4) is 0 Å². The molecule has 0 atom stereocenters. The van der Waals surface area contributed by atoms with E-state index in [1.807, 2.05) is 6.20 Å². The van der Waals surface area contributed by atoms with Crippen molar-refractivity contribution in [1.29, 1.82) is 0 Å². The number of aliphatic hydroxyl groups is 1. The number of aromatic nitrogens is 2. The van der Waals surface area contributed by atoms with E-state index in [1.54, 1.807) is 0 Å². The molecule has 1 aliphatic rings. The summed E-state index contributed by atoms with van der Waals surface area (Å²) in [6, 6.07) is 0. The monoisotopic (exact) mass is 208 g/mol. The van der Waals surface area contributed by atoms with E-state index in [-0.39, 0.29) is 6.61 Å². The Labute approximate surface area is 91.1 Å². The van der Waals surface area contributed by atoms with E-state index in [4.69, 9.17) is 0 Å². The van der Waals surface area contributed by atoms with Crippen LogP contribution in [0.3, 0.4) is 0 Å². The lowest BCUT2D eigenvalue weighted by Crippen LogP contribution is -2.07. The van der Waals surface area contributed by atoms with Crippen molar-refractivity contribution in [2.24, 2.45) is 5.92 Å². The van der Waals surface area contributed by atoms with Crippen molar-refractivity contribution in [2.45, 2.75) is 52.2 Å². The minimum atomic E-state index is 0.132. The van der Waals surface area contributed by atoms with Gasteiger partial charge < -0.3 is 5.11 Å². The Hall–Kier alpha value is -0.830. The van der Waals surface area contributed by atoms with E-state index in [9.17, 15) is 5.11 Å². The molecule has 0 saturated heterocycles. The van der Waals surface area contributed by atoms with Crippen LogP contribution in [0.2, 0.25) is 0 Å². The molecule has 3 heteroatoms. The minimum Gasteiger partial charge on any atom is -0.392 e. The highest BCUT2D eigenvalue weighted by Crippen LogP contribution is 2.41. The van der Waals surface area contributed by atoms with Gasteiger partial charge in [0.1, 0.15) is 0 Å². The van der Waals surface area contributed by atoms with Crippen molar-refractivity contribution in [1.82, 2.24) is 9.78 Å². The van der Waals surface area contributed by atoms with Gasteiger partial charge in [-0.1, -0.05) is 13.8 Å². The second-order valence-electron chi connectivity index (χ2n) is 4.89. The molecule has 84 valence electrons. The quantitative estimate of drug-likeness (QED) is 0.806. The Kier molecular flexibility index (Phi) is 3.10. The third kappa shape index (κ3) is 2.40. The lowest BCUT2D eigenvalue weighted by atomic mass is 10.1. The predicted octanol–water partition coefficient (Wildman–Crippen LogP) is 2.30. The van der Waals surface area contributed by atoms with Crippen molar-refractivity contribution < 1.29 is 5.11 Å². The molecular formula is C12H20N2O. The van der Waals surface area contributed by atoms with Gasteiger partial charge in [0.2, 0.25) is 0 Å². The smallest absolute Gasteiger partial charge is 0.0715 e. The first kappa shape index (κ1) is 10.7. The zero-order valence-corrected chi connectivity index (χ0v) is 9.61. The topological polar surface area (TPSA) is 38.0 Å². The Morgan fingerprint density at radius 1 is 1.53 bits per heavy atom. The second-order valence-corrected chi connectivity index (χ2v) is 4.89. The van der Waals surface area contributed by atoms with Crippen LogP contribution in [-0.2, 0) is 13.2 Å². The van der Waals surface area contributed by atoms with Crippen LogP contribution in [0, 0.1) is 5.92 Å². The van der Waals surface area contributed by atoms with Crippen LogP contribution in [0.25, 0.3) is 0 Å². The van der Waals surface area contributed by atoms with Gasteiger partial charge >= 0.3 is 0 Å². The Morgan fingerprint density at radius 3 is 2.80 bits per heavy atom. The van der Waals surface area contributed by atoms with Crippen LogP contribution in [0.1, 0.15) is 50.3 Å². The van der Waals surface area contributed by atoms with Gasteiger partial charge in [0, 0.05) is 23.7 Å². The Morgan fingerprint density at radius 2 is 2.27 bits per heavy atom. The maximum atomic E-state index is 9.23. The van der Waals surface area contributed by atoms with Gasteiger partial charge in [-0.3, -0.25) is 4.68 Å². The molecule has 0 spiro atoms. The normalized spacial score (nSPS) is 16.3. The molecule has 2 rings (SSSR count). The van der Waals surface area contributed by atoms with Crippen LogP contribution >= 0.6 is 0 Å². The first-order valence-electron chi connectivity index (χ1n) is 5.87. The van der Waals surface area contributed by atoms with E-state index >= 15 is 0 Å². The number of aliphatic hydroxyl groups excluding tert-OH is 1. The van der Waals surface area contributed by atoms with Crippen molar-refractivity contribution in [2.75, 3.05) is 0 Å². The molecule has 1 aromatic rings. The van der Waals surface area contributed by atoms with E-state index in [0.717, 1.165) is 18.5 Å². The summed E-state index contributed by atoms with van der Waals surface area (Å²) in [4.78, 5) is 0. The molecule has 0 radical (unpaired) electrons. The Bertz CT molecular complexity index is 326. The molecule has 1 saturated carbocycles. The summed E-state index contributed by atoms with van der Waals surface area (Å²) >= 11 is 0. The second kappa shape index (κ2) is 4.35. The molecule has 15 heavy (non-hydrogen) atoms. The fourth-order valence-electron chi connectivity index (χ4n) is 1.94. The van der Waals surface area contributed by atoms with Gasteiger partial charge in [-0.25, -0.2) is 0 Å². The number of aryl methyl sites for hydroxylation is 1. The highest BCUT2D eigenvalue weighted by Gasteiger charge is 2.29. The summed E-state index contributed by atoms with van der Waals surface area (Å²) in [5.41, 5.74) is 2.32. The van der Waals surface area contributed by atoms with E-state index in [1.165, 1.54) is 18.5 Å². The summed E-state index contributed by atoms with van der Waals surface area (Å²) in [7, 11) is 0. The summed E-state index contributed by atoms with van der Waals surface area (Å²) in [5.74, 6) is 1.38. The molecule has 1 N–H and O–H groups in total. The zero-order valence-electron chi connectivity index (χ0n) is 9.61. The summed E-state index contributed by atoms with van der Waals surface area (Å²) in [5, 5.41) is 13.6. The van der Waals surface area contributed by atoms with Crippen molar-refractivity contribution >= 4 is 0 Å². The van der Waals surface area contributed by atoms with Crippen molar-refractivity contribution in [3.05, 3.63) is 17.5 Å². The number of hydrogen-bond donors (Lipinski definition) is 1. The number of hydrogen-bond acceptors (Lipinski definition) is 2. The standard InChI is InChI=1S/C12H20N2O/c1-9(2)5-6-14-12(10-3-4-10)11(8-15)7-13-14/h7,9-10,15H,3-6,8H2,1-2H3. The van der Waals surface area contributed by atoms with E-state index in [0.29, 0.717) is 11.8 Å². The van der Waals surface area contributed by atoms with Gasteiger partial charge in [0.25, 0.3) is 0 Å². The minimum absolute atomic E-state index is 0.132. The summed E-state index contributed by atoms with van der Waals surface area (Å²) < 4.78 is 2.10.